The molecule has 0 radical (unpaired) electrons. The van der Waals surface area contributed by atoms with Crippen LogP contribution in [0.1, 0.15) is 50.5 Å². The van der Waals surface area contributed by atoms with Crippen molar-refractivity contribution in [1.82, 2.24) is 20.1 Å². The van der Waals surface area contributed by atoms with Gasteiger partial charge in [-0.2, -0.15) is 4.98 Å². The first kappa shape index (κ1) is 28.4. The van der Waals surface area contributed by atoms with Crippen LogP contribution in [0.4, 0.5) is 21.8 Å². The molecule has 3 heterocycles. The summed E-state index contributed by atoms with van der Waals surface area (Å²) in [6.07, 6.45) is 3.33. The molecule has 0 unspecified atom stereocenters. The van der Waals surface area contributed by atoms with Gasteiger partial charge in [0.05, 0.1) is 13.2 Å². The zero-order chi connectivity index (χ0) is 28.5. The molecule has 0 atom stereocenters. The normalized spacial score (nSPS) is 15.0. The highest BCUT2D eigenvalue weighted by atomic mass is 19.1. The van der Waals surface area contributed by atoms with E-state index in [2.05, 4.69) is 25.4 Å². The number of rotatable bonds is 6. The zero-order valence-corrected chi connectivity index (χ0v) is 21.9. The fourth-order valence-electron chi connectivity index (χ4n) is 4.19. The lowest BCUT2D eigenvalue weighted by Gasteiger charge is -2.27. The standard InChI is InChI=1S/C20H25N7O3.C7H6FNO/c21-17(28)16-18(23-20(25-24-16)27-8-2-1-3-9-27)22-15-6-4-14(5-7-15)19(29)26-10-12-30-13-11-26;8-6-3-1-5(2-4-6)7(9)10/h4-7H,1-3,8-13H2,(H2,21,28)(H,22,23,25);1-4H,(H2,9,10). The van der Waals surface area contributed by atoms with Crippen molar-refractivity contribution in [2.75, 3.05) is 49.6 Å². The summed E-state index contributed by atoms with van der Waals surface area (Å²) < 4.78 is 17.5. The Hall–Kier alpha value is -4.65. The van der Waals surface area contributed by atoms with Crippen molar-refractivity contribution < 1.29 is 23.5 Å². The molecule has 2 saturated heterocycles. The van der Waals surface area contributed by atoms with Crippen LogP contribution >= 0.6 is 0 Å². The first-order valence-electron chi connectivity index (χ1n) is 12.9. The lowest BCUT2D eigenvalue weighted by molar-refractivity contribution is 0.0303. The number of hydrogen-bond donors (Lipinski definition) is 3. The molecule has 5 N–H and O–H groups in total. The molecule has 2 aromatic carbocycles. The van der Waals surface area contributed by atoms with Gasteiger partial charge in [-0.1, -0.05) is 0 Å². The number of hydrogen-bond acceptors (Lipinski definition) is 9. The van der Waals surface area contributed by atoms with Crippen molar-refractivity contribution >= 4 is 35.2 Å². The summed E-state index contributed by atoms with van der Waals surface area (Å²) in [5.74, 6) is -0.919. The Kier molecular flexibility index (Phi) is 9.52. The van der Waals surface area contributed by atoms with E-state index in [4.69, 9.17) is 16.2 Å². The van der Waals surface area contributed by atoms with Gasteiger partial charge in [0.25, 0.3) is 11.8 Å². The molecule has 0 bridgehead atoms. The van der Waals surface area contributed by atoms with E-state index in [9.17, 15) is 18.8 Å². The molecule has 210 valence electrons. The molecule has 12 nitrogen and oxygen atoms in total. The van der Waals surface area contributed by atoms with Gasteiger partial charge in [-0.05, 0) is 67.8 Å². The first-order chi connectivity index (χ1) is 19.3. The number of nitrogens with two attached hydrogens (primary N) is 2. The second kappa shape index (κ2) is 13.4. The zero-order valence-electron chi connectivity index (χ0n) is 21.9. The molecule has 40 heavy (non-hydrogen) atoms. The highest BCUT2D eigenvalue weighted by molar-refractivity contribution is 5.97. The Labute approximate surface area is 230 Å². The molecular formula is C27H31FN8O4. The third-order valence-electron chi connectivity index (χ3n) is 6.37. The number of carbonyl (C=O) groups is 3. The first-order valence-corrected chi connectivity index (χ1v) is 12.9. The quantitative estimate of drug-likeness (QED) is 0.416. The second-order valence-corrected chi connectivity index (χ2v) is 9.20. The molecule has 0 saturated carbocycles. The minimum Gasteiger partial charge on any atom is -0.378 e. The molecule has 0 aliphatic carbocycles. The van der Waals surface area contributed by atoms with E-state index in [0.717, 1.165) is 25.9 Å². The van der Waals surface area contributed by atoms with E-state index < -0.39 is 11.8 Å². The fraction of sp³-hybridized carbons (Fsp3) is 0.333. The predicted molar refractivity (Wildman–Crippen MR) is 146 cm³/mol. The van der Waals surface area contributed by atoms with Crippen molar-refractivity contribution in [2.45, 2.75) is 19.3 Å². The van der Waals surface area contributed by atoms with E-state index in [0.29, 0.717) is 49.1 Å². The van der Waals surface area contributed by atoms with Gasteiger partial charge in [-0.3, -0.25) is 14.4 Å². The van der Waals surface area contributed by atoms with Gasteiger partial charge in [-0.25, -0.2) is 4.39 Å². The summed E-state index contributed by atoms with van der Waals surface area (Å²) in [6, 6.07) is 12.1. The maximum absolute atomic E-state index is 12.6. The minimum atomic E-state index is -0.707. The average Bonchev–Trinajstić information content (AvgIpc) is 2.98. The predicted octanol–water partition coefficient (Wildman–Crippen LogP) is 2.10. The van der Waals surface area contributed by atoms with Gasteiger partial charge in [0, 0.05) is 43.0 Å². The summed E-state index contributed by atoms with van der Waals surface area (Å²) in [4.78, 5) is 43.1. The molecule has 0 spiro atoms. The van der Waals surface area contributed by atoms with Gasteiger partial charge in [0.1, 0.15) is 5.82 Å². The maximum atomic E-state index is 12.6. The summed E-state index contributed by atoms with van der Waals surface area (Å²) in [5, 5.41) is 11.2. The summed E-state index contributed by atoms with van der Waals surface area (Å²) in [6.45, 7) is 4.01. The van der Waals surface area contributed by atoms with Crippen molar-refractivity contribution in [3.05, 3.63) is 71.2 Å². The number of halogens is 1. The number of nitrogens with zero attached hydrogens (tertiary/aromatic N) is 5. The smallest absolute Gasteiger partial charge is 0.273 e. The van der Waals surface area contributed by atoms with Crippen molar-refractivity contribution in [3.8, 4) is 0 Å². The lowest BCUT2D eigenvalue weighted by Crippen LogP contribution is -2.40. The Bertz CT molecular complexity index is 1330. The number of anilines is 3. The molecule has 2 aliphatic heterocycles. The number of morpholine rings is 1. The number of benzene rings is 2. The van der Waals surface area contributed by atoms with Crippen LogP contribution in [0.2, 0.25) is 0 Å². The molecular weight excluding hydrogens is 519 g/mol. The van der Waals surface area contributed by atoms with Crippen LogP contribution in [0.15, 0.2) is 48.5 Å². The summed E-state index contributed by atoms with van der Waals surface area (Å²) in [7, 11) is 0. The van der Waals surface area contributed by atoms with Crippen LogP contribution in [-0.2, 0) is 4.74 Å². The highest BCUT2D eigenvalue weighted by Gasteiger charge is 2.21. The number of aromatic nitrogens is 3. The molecule has 13 heteroatoms. The van der Waals surface area contributed by atoms with Crippen LogP contribution in [-0.4, -0.2) is 77.2 Å². The van der Waals surface area contributed by atoms with E-state index in [1.807, 2.05) is 0 Å². The number of piperidine rings is 1. The molecule has 1 aromatic heterocycles. The van der Waals surface area contributed by atoms with Crippen LogP contribution in [0.25, 0.3) is 0 Å². The van der Waals surface area contributed by atoms with Crippen LogP contribution < -0.4 is 21.7 Å². The third kappa shape index (κ3) is 7.47. The topological polar surface area (TPSA) is 170 Å². The number of nitrogens with one attached hydrogen (secondary N) is 1. The molecule has 3 aromatic rings. The Morgan fingerprint density at radius 2 is 1.43 bits per heavy atom. The number of primary amides is 2. The third-order valence-corrected chi connectivity index (χ3v) is 6.37. The van der Waals surface area contributed by atoms with Crippen LogP contribution in [0.3, 0.4) is 0 Å². The number of carbonyl (C=O) groups excluding carboxylic acids is 3. The second-order valence-electron chi connectivity index (χ2n) is 9.20. The SMILES string of the molecule is NC(=O)c1ccc(F)cc1.NC(=O)c1nnc(N2CCCCC2)nc1Nc1ccc(C(=O)N2CCOCC2)cc1. The maximum Gasteiger partial charge on any atom is 0.273 e. The Morgan fingerprint density at radius 1 is 0.800 bits per heavy atom. The molecule has 2 aliphatic rings. The van der Waals surface area contributed by atoms with E-state index >= 15 is 0 Å². The van der Waals surface area contributed by atoms with Gasteiger partial charge >= 0.3 is 0 Å². The Balaban J connectivity index is 0.000000312. The van der Waals surface area contributed by atoms with Crippen molar-refractivity contribution in [1.29, 1.82) is 0 Å². The van der Waals surface area contributed by atoms with E-state index in [1.54, 1.807) is 29.2 Å². The minimum absolute atomic E-state index is 0.0239. The molecule has 5 rings (SSSR count). The van der Waals surface area contributed by atoms with Crippen LogP contribution in [0, 0.1) is 5.82 Å². The average molecular weight is 551 g/mol. The summed E-state index contributed by atoms with van der Waals surface area (Å²) >= 11 is 0. The van der Waals surface area contributed by atoms with Crippen molar-refractivity contribution in [2.24, 2.45) is 11.5 Å². The summed E-state index contributed by atoms with van der Waals surface area (Å²) in [5.41, 5.74) is 11.9. The van der Waals surface area contributed by atoms with Gasteiger partial charge < -0.3 is 31.3 Å². The van der Waals surface area contributed by atoms with Gasteiger partial charge in [-0.15, -0.1) is 10.2 Å². The van der Waals surface area contributed by atoms with E-state index in [1.165, 1.54) is 30.7 Å². The highest BCUT2D eigenvalue weighted by Crippen LogP contribution is 2.22. The number of ether oxygens (including phenoxy) is 1. The van der Waals surface area contributed by atoms with E-state index in [-0.39, 0.29) is 23.2 Å². The van der Waals surface area contributed by atoms with Gasteiger partial charge in [0.15, 0.2) is 11.5 Å². The monoisotopic (exact) mass is 550 g/mol. The molecule has 3 amide bonds. The van der Waals surface area contributed by atoms with Crippen molar-refractivity contribution in [3.63, 3.8) is 0 Å². The van der Waals surface area contributed by atoms with Gasteiger partial charge in [0.2, 0.25) is 11.9 Å². The fourth-order valence-corrected chi connectivity index (χ4v) is 4.19. The Morgan fingerprint density at radius 3 is 2.02 bits per heavy atom. The largest absolute Gasteiger partial charge is 0.378 e. The lowest BCUT2D eigenvalue weighted by atomic mass is 10.1. The van der Waals surface area contributed by atoms with Crippen LogP contribution in [0.5, 0.6) is 0 Å². The molecule has 2 fully saturated rings. The number of amides is 3.